The zero-order valence-corrected chi connectivity index (χ0v) is 41.9. The van der Waals surface area contributed by atoms with E-state index in [0.717, 1.165) is 88.3 Å². The molecule has 0 N–H and O–H groups in total. The van der Waals surface area contributed by atoms with Gasteiger partial charge in [0, 0.05) is 68.0 Å². The molecule has 6 aromatic carbocycles. The second-order valence-corrected chi connectivity index (χ2v) is 23.6. The van der Waals surface area contributed by atoms with E-state index in [-0.39, 0.29) is 31.9 Å². The van der Waals surface area contributed by atoms with Crippen LogP contribution in [0.15, 0.2) is 130 Å². The quantitative estimate of drug-likeness (QED) is 0.117. The van der Waals surface area contributed by atoms with Gasteiger partial charge in [-0.3, -0.25) is 9.37 Å². The Balaban J connectivity index is 0.000000213. The summed E-state index contributed by atoms with van der Waals surface area (Å²) in [6, 6.07) is 44.0. The fraction of sp³-hybridized carbons (Fsp3) is 0.211. The van der Waals surface area contributed by atoms with Gasteiger partial charge in [0.2, 0.25) is 5.71 Å². The Hall–Kier alpha value is -6.25. The number of para-hydroxylation sites is 1. The van der Waals surface area contributed by atoms with Crippen LogP contribution in [0, 0.1) is 37.7 Å². The summed E-state index contributed by atoms with van der Waals surface area (Å²) in [4.78, 5) is 14.5. The van der Waals surface area contributed by atoms with Crippen molar-refractivity contribution >= 4 is 79.1 Å². The Morgan fingerprint density at radius 3 is 2.26 bits per heavy atom. The number of aromatic nitrogens is 4. The minimum absolute atomic E-state index is 0. The minimum atomic E-state index is -1.67. The molecule has 11 aromatic rings. The maximum absolute atomic E-state index is 15.6. The Morgan fingerprint density at radius 1 is 0.788 bits per heavy atom. The second kappa shape index (κ2) is 17.5. The van der Waals surface area contributed by atoms with Crippen LogP contribution < -0.4 is 5.19 Å². The molecular weight excluding hydrogens is 1010 g/mol. The van der Waals surface area contributed by atoms with Crippen LogP contribution in [0.4, 0.5) is 4.39 Å². The van der Waals surface area contributed by atoms with Crippen molar-refractivity contribution in [1.29, 1.82) is 0 Å². The molecule has 0 aliphatic heterocycles. The normalized spacial score (nSPS) is 12.7. The van der Waals surface area contributed by atoms with E-state index in [0.29, 0.717) is 33.5 Å². The number of fused-ring (bicyclic) bond motifs is 8. The van der Waals surface area contributed by atoms with Crippen molar-refractivity contribution in [3.63, 3.8) is 0 Å². The largest absolute Gasteiger partial charge is 0.486 e. The predicted octanol–water partition coefficient (Wildman–Crippen LogP) is 15.0. The first-order chi connectivity index (χ1) is 32.0. The summed E-state index contributed by atoms with van der Waals surface area (Å²) >= 11 is 0. The van der Waals surface area contributed by atoms with E-state index in [1.165, 1.54) is 6.07 Å². The van der Waals surface area contributed by atoms with Crippen molar-refractivity contribution in [2.45, 2.75) is 73.5 Å². The van der Waals surface area contributed by atoms with Crippen LogP contribution in [0.5, 0.6) is 0 Å². The third-order valence-corrected chi connectivity index (χ3v) is 14.2. The van der Waals surface area contributed by atoms with Crippen LogP contribution in [0.25, 0.3) is 94.1 Å². The van der Waals surface area contributed by atoms with Crippen LogP contribution in [-0.4, -0.2) is 27.6 Å². The van der Waals surface area contributed by atoms with Gasteiger partial charge in [-0.25, -0.2) is 4.98 Å². The van der Waals surface area contributed by atoms with Crippen LogP contribution in [0.3, 0.4) is 0 Å². The molecule has 6 nitrogen and oxygen atoms in total. The molecule has 0 aliphatic rings. The van der Waals surface area contributed by atoms with E-state index in [9.17, 15) is 0 Å². The summed E-state index contributed by atoms with van der Waals surface area (Å²) in [5, 5.41) is 6.45. The fourth-order valence-electron chi connectivity index (χ4n) is 9.03. The third kappa shape index (κ3) is 7.97. The summed E-state index contributed by atoms with van der Waals surface area (Å²) in [5.41, 5.74) is 11.1. The number of rotatable bonds is 7. The summed E-state index contributed by atoms with van der Waals surface area (Å²) in [7, 11) is -1.67. The number of hydrogen-bond acceptors (Lipinski definition) is 5. The maximum Gasteiger partial charge on any atom is 0.216 e. The van der Waals surface area contributed by atoms with Crippen LogP contribution in [0.1, 0.15) is 58.7 Å². The molecule has 0 atom stereocenters. The first-order valence-electron chi connectivity index (χ1n) is 23.3. The summed E-state index contributed by atoms with van der Waals surface area (Å²) in [6.07, 6.45) is 0.528. The van der Waals surface area contributed by atoms with Crippen molar-refractivity contribution in [2.75, 3.05) is 0 Å². The van der Waals surface area contributed by atoms with Crippen LogP contribution >= 0.6 is 0 Å². The summed E-state index contributed by atoms with van der Waals surface area (Å²) < 4.78 is 47.7. The molecule has 0 aliphatic carbocycles. The van der Waals surface area contributed by atoms with Crippen molar-refractivity contribution in [3.05, 3.63) is 162 Å². The van der Waals surface area contributed by atoms with E-state index in [1.54, 1.807) is 0 Å². The minimum Gasteiger partial charge on any atom is -0.486 e. The molecule has 0 saturated heterocycles. The van der Waals surface area contributed by atoms with Crippen molar-refractivity contribution < 1.29 is 36.1 Å². The zero-order valence-electron chi connectivity index (χ0n) is 40.5. The molecule has 0 spiro atoms. The Bertz CT molecular complexity index is 3720. The van der Waals surface area contributed by atoms with Gasteiger partial charge >= 0.3 is 0 Å². The summed E-state index contributed by atoms with van der Waals surface area (Å²) in [6.45, 7) is 18.9. The molecule has 0 fully saturated rings. The molecule has 333 valence electrons. The number of pyridine rings is 2. The van der Waals surface area contributed by atoms with Gasteiger partial charge in [0.25, 0.3) is 0 Å². The molecular formula is C57H51FIrN4O2Si-2. The molecule has 0 saturated carbocycles. The van der Waals surface area contributed by atoms with E-state index in [1.807, 2.05) is 92.8 Å². The van der Waals surface area contributed by atoms with Gasteiger partial charge in [0.05, 0.1) is 30.5 Å². The molecule has 5 heterocycles. The predicted molar refractivity (Wildman–Crippen MR) is 269 cm³/mol. The summed E-state index contributed by atoms with van der Waals surface area (Å²) in [5.74, 6) is 0.319. The van der Waals surface area contributed by atoms with Gasteiger partial charge in [0.1, 0.15) is 11.2 Å². The van der Waals surface area contributed by atoms with Crippen molar-refractivity contribution in [3.8, 4) is 28.3 Å². The van der Waals surface area contributed by atoms with E-state index in [2.05, 4.69) is 105 Å². The van der Waals surface area contributed by atoms with Gasteiger partial charge in [-0.15, -0.1) is 48.0 Å². The average molecular weight is 1070 g/mol. The fourth-order valence-corrected chi connectivity index (χ4v) is 10.4. The molecule has 11 rings (SSSR count). The first kappa shape index (κ1) is 42.4. The second-order valence-electron chi connectivity index (χ2n) is 18.6. The van der Waals surface area contributed by atoms with Crippen LogP contribution in [0.2, 0.25) is 19.6 Å². The topological polar surface area (TPSA) is 69.9 Å². The average Bonchev–Trinajstić information content (AvgIpc) is 4.00. The van der Waals surface area contributed by atoms with E-state index < -0.39 is 20.3 Å². The molecule has 0 unspecified atom stereocenters. The molecule has 0 bridgehead atoms. The van der Waals surface area contributed by atoms with Gasteiger partial charge in [0.15, 0.2) is 0 Å². The van der Waals surface area contributed by atoms with E-state index in [4.69, 9.17) is 21.5 Å². The van der Waals surface area contributed by atoms with Crippen molar-refractivity contribution in [2.24, 2.45) is 5.92 Å². The number of benzene rings is 6. The molecule has 0 amide bonds. The molecule has 66 heavy (non-hydrogen) atoms. The Morgan fingerprint density at radius 2 is 1.53 bits per heavy atom. The Kier molecular flexibility index (Phi) is 11.3. The standard InChI is InChI=1S/C39H27FN3O2.C18H24NSi.Ir/c1-20(2)30-16-14-26-34-29(40)15-13-27(37(34)45-39(26)42-30)38-41-31-18-23-9-5-6-10-24(23)19-32(31)43(38)35-21(3)17-28-25-11-7-8-12-33(25)44-36(28)22(35)4;1-14(2)11-16-12-17(15-9-7-6-8-10-15)19-13-18(16)20(3,4)5;/h5-12,14-20H,1-4H3;6-9,12-14H,11H2,1-5H3;/q2*-1;/i;11D2;. The van der Waals surface area contributed by atoms with Crippen LogP contribution in [-0.2, 0) is 26.5 Å². The number of furan rings is 2. The van der Waals surface area contributed by atoms with Crippen molar-refractivity contribution in [1.82, 2.24) is 19.5 Å². The third-order valence-electron chi connectivity index (χ3n) is 12.2. The van der Waals surface area contributed by atoms with Gasteiger partial charge in [-0.05, 0) is 101 Å². The van der Waals surface area contributed by atoms with Gasteiger partial charge < -0.3 is 18.4 Å². The number of halogens is 1. The first-order valence-corrected chi connectivity index (χ1v) is 25.8. The number of imidazole rings is 1. The number of aryl methyl sites for hydroxylation is 2. The van der Waals surface area contributed by atoms with Gasteiger partial charge in [-0.2, -0.15) is 0 Å². The Labute approximate surface area is 402 Å². The SMILES string of the molecule is Cc1cc2c(oc3ccccc32)c(C)c1-n1c(-c2[c-]cc(F)c3c2oc2nc(C(C)C)ccc23)nc2cc3ccccc3cc21.[2H]C([2H])(c1cc(-c2[c-]cccc2)ncc1[Si](C)(C)C)C(C)C.[Ir]. The van der Waals surface area contributed by atoms with Gasteiger partial charge in [-0.1, -0.05) is 107 Å². The number of nitrogens with zero attached hydrogens (tertiary/aromatic N) is 4. The monoisotopic (exact) mass is 1070 g/mol. The smallest absolute Gasteiger partial charge is 0.216 e. The number of hydrogen-bond donors (Lipinski definition) is 0. The molecule has 9 heteroatoms. The maximum atomic E-state index is 15.6. The van der Waals surface area contributed by atoms with E-state index >= 15 is 4.39 Å². The zero-order chi connectivity index (χ0) is 47.1. The molecule has 5 aromatic heterocycles. The molecule has 1 radical (unpaired) electrons.